The number of esters is 1. The van der Waals surface area contributed by atoms with Crippen LogP contribution in [0.15, 0.2) is 60.7 Å². The second kappa shape index (κ2) is 6.54. The Kier molecular flexibility index (Phi) is 4.73. The van der Waals surface area contributed by atoms with Crippen LogP contribution in [-0.2, 0) is 15.1 Å². The Balaban J connectivity index is 2.46. The number of hydrogen-bond donors (Lipinski definition) is 1. The fraction of sp³-hybridized carbons (Fsp3) is 0.222. The largest absolute Gasteiger partial charge is 0.467 e. The monoisotopic (exact) mass is 298 g/mol. The van der Waals surface area contributed by atoms with Gasteiger partial charge in [-0.15, -0.1) is 0 Å². The first kappa shape index (κ1) is 15.9. The van der Waals surface area contributed by atoms with E-state index in [1.165, 1.54) is 14.0 Å². The van der Waals surface area contributed by atoms with Gasteiger partial charge < -0.3 is 9.84 Å². The summed E-state index contributed by atoms with van der Waals surface area (Å²) in [6.45, 7) is 1.53. The molecule has 22 heavy (non-hydrogen) atoms. The Morgan fingerprint density at radius 1 is 1.00 bits per heavy atom. The molecule has 0 aliphatic heterocycles. The molecule has 2 atom stereocenters. The average molecular weight is 298 g/mol. The second-order valence-corrected chi connectivity index (χ2v) is 5.08. The summed E-state index contributed by atoms with van der Waals surface area (Å²) in [7, 11) is 1.19. The highest BCUT2D eigenvalue weighted by Gasteiger charge is 2.47. The zero-order chi connectivity index (χ0) is 16.2. The molecule has 0 aromatic heterocycles. The summed E-state index contributed by atoms with van der Waals surface area (Å²) in [5.74, 6) is -2.16. The van der Waals surface area contributed by atoms with Crippen molar-refractivity contribution in [2.24, 2.45) is 5.92 Å². The lowest BCUT2D eigenvalue weighted by Gasteiger charge is -2.31. The van der Waals surface area contributed by atoms with E-state index in [0.29, 0.717) is 11.1 Å². The molecule has 0 unspecified atom stereocenters. The summed E-state index contributed by atoms with van der Waals surface area (Å²) >= 11 is 0. The van der Waals surface area contributed by atoms with Gasteiger partial charge in [0.15, 0.2) is 11.4 Å². The van der Waals surface area contributed by atoms with Crippen LogP contribution >= 0.6 is 0 Å². The smallest absolute Gasteiger partial charge is 0.343 e. The van der Waals surface area contributed by atoms with Crippen LogP contribution in [0.3, 0.4) is 0 Å². The van der Waals surface area contributed by atoms with Crippen molar-refractivity contribution in [3.05, 3.63) is 71.8 Å². The minimum Gasteiger partial charge on any atom is -0.467 e. The Labute approximate surface area is 129 Å². The number of aliphatic hydroxyl groups is 1. The number of Topliss-reactive ketones (excluding diaryl/α,β-unsaturated/α-hetero) is 1. The summed E-state index contributed by atoms with van der Waals surface area (Å²) in [6, 6.07) is 16.9. The van der Waals surface area contributed by atoms with Crippen molar-refractivity contribution in [3.8, 4) is 0 Å². The molecule has 0 saturated carbocycles. The molecular weight excluding hydrogens is 280 g/mol. The van der Waals surface area contributed by atoms with Gasteiger partial charge >= 0.3 is 5.97 Å². The van der Waals surface area contributed by atoms with Crippen LogP contribution in [0.4, 0.5) is 0 Å². The normalized spacial score (nSPS) is 14.7. The topological polar surface area (TPSA) is 63.6 Å². The number of ketones is 1. The third-order valence-corrected chi connectivity index (χ3v) is 3.79. The van der Waals surface area contributed by atoms with E-state index in [4.69, 9.17) is 4.74 Å². The average Bonchev–Trinajstić information content (AvgIpc) is 2.60. The maximum atomic E-state index is 12.6. The Morgan fingerprint density at radius 3 is 2.00 bits per heavy atom. The number of hydrogen-bond acceptors (Lipinski definition) is 4. The lowest BCUT2D eigenvalue weighted by molar-refractivity contribution is -0.167. The highest BCUT2D eigenvalue weighted by Crippen LogP contribution is 2.33. The van der Waals surface area contributed by atoms with E-state index < -0.39 is 17.5 Å². The number of methoxy groups -OCH3 is 1. The molecule has 0 fully saturated rings. The quantitative estimate of drug-likeness (QED) is 0.680. The molecule has 2 aromatic rings. The molecule has 1 N–H and O–H groups in total. The van der Waals surface area contributed by atoms with E-state index in [-0.39, 0.29) is 5.78 Å². The van der Waals surface area contributed by atoms with E-state index in [0.717, 1.165) is 0 Å². The van der Waals surface area contributed by atoms with Gasteiger partial charge in [0.05, 0.1) is 13.0 Å². The maximum absolute atomic E-state index is 12.6. The Morgan fingerprint density at radius 2 is 1.50 bits per heavy atom. The fourth-order valence-electron chi connectivity index (χ4n) is 2.43. The van der Waals surface area contributed by atoms with Gasteiger partial charge in [-0.05, 0) is 5.56 Å². The van der Waals surface area contributed by atoms with Crippen LogP contribution in [0.1, 0.15) is 22.8 Å². The van der Waals surface area contributed by atoms with Crippen molar-refractivity contribution in [1.29, 1.82) is 0 Å². The molecule has 0 amide bonds. The van der Waals surface area contributed by atoms with E-state index in [2.05, 4.69) is 0 Å². The summed E-state index contributed by atoms with van der Waals surface area (Å²) in [5, 5.41) is 11.0. The van der Waals surface area contributed by atoms with Gasteiger partial charge in [-0.2, -0.15) is 0 Å². The number of carbonyl (C=O) groups excluding carboxylic acids is 2. The lowest BCUT2D eigenvalue weighted by atomic mass is 9.78. The van der Waals surface area contributed by atoms with Crippen molar-refractivity contribution in [3.63, 3.8) is 0 Å². The first-order valence-electron chi connectivity index (χ1n) is 6.97. The molecule has 4 nitrogen and oxygen atoms in total. The predicted octanol–water partition coefficient (Wildman–Crippen LogP) is 2.57. The molecule has 114 valence electrons. The van der Waals surface area contributed by atoms with Gasteiger partial charge in [-0.25, -0.2) is 4.79 Å². The molecule has 0 heterocycles. The van der Waals surface area contributed by atoms with Gasteiger partial charge in [-0.1, -0.05) is 67.6 Å². The third-order valence-electron chi connectivity index (χ3n) is 3.79. The molecule has 2 aromatic carbocycles. The lowest BCUT2D eigenvalue weighted by Crippen LogP contribution is -2.46. The van der Waals surface area contributed by atoms with Crippen LogP contribution in [0.2, 0.25) is 0 Å². The van der Waals surface area contributed by atoms with Gasteiger partial charge in [0.1, 0.15) is 0 Å². The summed E-state index contributed by atoms with van der Waals surface area (Å²) in [6.07, 6.45) is 0. The zero-order valence-corrected chi connectivity index (χ0v) is 12.5. The standard InChI is InChI=1S/C18H18O4/c1-13(16(19)14-9-5-3-6-10-14)18(21,17(20)22-2)15-11-7-4-8-12-15/h3-13,21H,1-2H3/t13-,18+/m0/s1. The molecule has 0 aliphatic rings. The third kappa shape index (κ3) is 2.78. The van der Waals surface area contributed by atoms with E-state index in [1.54, 1.807) is 60.7 Å². The van der Waals surface area contributed by atoms with Crippen LogP contribution in [0.25, 0.3) is 0 Å². The van der Waals surface area contributed by atoms with Crippen molar-refractivity contribution < 1.29 is 19.4 Å². The molecule has 0 bridgehead atoms. The molecule has 4 heteroatoms. The second-order valence-electron chi connectivity index (χ2n) is 5.08. The number of carbonyl (C=O) groups is 2. The Hall–Kier alpha value is -2.46. The van der Waals surface area contributed by atoms with E-state index in [9.17, 15) is 14.7 Å². The highest BCUT2D eigenvalue weighted by atomic mass is 16.5. The minimum atomic E-state index is -2.02. The number of benzene rings is 2. The Bertz CT molecular complexity index is 651. The first-order chi connectivity index (χ1) is 10.5. The van der Waals surface area contributed by atoms with Crippen LogP contribution in [0, 0.1) is 5.92 Å². The first-order valence-corrected chi connectivity index (χ1v) is 6.97. The van der Waals surface area contributed by atoms with E-state index >= 15 is 0 Å². The van der Waals surface area contributed by atoms with Gasteiger partial charge in [0.2, 0.25) is 0 Å². The zero-order valence-electron chi connectivity index (χ0n) is 12.5. The molecule has 0 saturated heterocycles. The van der Waals surface area contributed by atoms with Gasteiger partial charge in [0, 0.05) is 5.56 Å². The molecule has 2 rings (SSSR count). The number of ether oxygens (including phenoxy) is 1. The maximum Gasteiger partial charge on any atom is 0.343 e. The highest BCUT2D eigenvalue weighted by molar-refractivity contribution is 6.01. The van der Waals surface area contributed by atoms with Crippen molar-refractivity contribution in [1.82, 2.24) is 0 Å². The summed E-state index contributed by atoms with van der Waals surface area (Å²) < 4.78 is 4.74. The van der Waals surface area contributed by atoms with Crippen LogP contribution < -0.4 is 0 Å². The minimum absolute atomic E-state index is 0.322. The van der Waals surface area contributed by atoms with Gasteiger partial charge in [0.25, 0.3) is 0 Å². The van der Waals surface area contributed by atoms with Crippen molar-refractivity contribution in [2.75, 3.05) is 7.11 Å². The summed E-state index contributed by atoms with van der Waals surface area (Å²) in [5.41, 5.74) is -1.25. The molecule has 0 radical (unpaired) electrons. The molecule has 0 aliphatic carbocycles. The van der Waals surface area contributed by atoms with Gasteiger partial charge in [-0.3, -0.25) is 4.79 Å². The van der Waals surface area contributed by atoms with Crippen molar-refractivity contribution >= 4 is 11.8 Å². The molecule has 0 spiro atoms. The van der Waals surface area contributed by atoms with E-state index in [1.807, 2.05) is 0 Å². The van der Waals surface area contributed by atoms with Crippen molar-refractivity contribution in [2.45, 2.75) is 12.5 Å². The summed E-state index contributed by atoms with van der Waals surface area (Å²) in [4.78, 5) is 24.8. The molecular formula is C18H18O4. The van der Waals surface area contributed by atoms with Crippen LogP contribution in [-0.4, -0.2) is 24.0 Å². The number of rotatable bonds is 5. The predicted molar refractivity (Wildman–Crippen MR) is 82.3 cm³/mol. The fourth-order valence-corrected chi connectivity index (χ4v) is 2.43. The van der Waals surface area contributed by atoms with Crippen LogP contribution in [0.5, 0.6) is 0 Å². The SMILES string of the molecule is COC(=O)[C@](O)(c1ccccc1)[C@@H](C)C(=O)c1ccccc1.